The normalized spacial score (nSPS) is 21.2. The predicted octanol–water partition coefficient (Wildman–Crippen LogP) is 5.45. The van der Waals surface area contributed by atoms with Gasteiger partial charge in [-0.1, -0.05) is 103 Å². The lowest BCUT2D eigenvalue weighted by molar-refractivity contribution is -0.168. The van der Waals surface area contributed by atoms with Crippen LogP contribution in [0.1, 0.15) is 62.9 Å². The second kappa shape index (κ2) is 13.4. The van der Waals surface area contributed by atoms with Crippen molar-refractivity contribution in [2.45, 2.75) is 69.9 Å². The summed E-state index contributed by atoms with van der Waals surface area (Å²) >= 11 is 0. The maximum absolute atomic E-state index is 14.2. The Bertz CT molecular complexity index is 1540. The van der Waals surface area contributed by atoms with Crippen molar-refractivity contribution in [2.24, 2.45) is 0 Å². The molecule has 9 heteroatoms. The molecule has 2 aliphatic heterocycles. The number of amides is 3. The molecule has 9 nitrogen and oxygen atoms in total. The van der Waals surface area contributed by atoms with Crippen LogP contribution in [0.3, 0.4) is 0 Å². The Balaban J connectivity index is 1.50. The molecule has 5 atom stereocenters. The molecular formula is C36H39N3O6. The Morgan fingerprint density at radius 2 is 1.56 bits per heavy atom. The fourth-order valence-electron chi connectivity index (χ4n) is 5.80. The minimum Gasteiger partial charge on any atom is -0.460 e. The summed E-state index contributed by atoms with van der Waals surface area (Å²) in [6, 6.07) is 24.6. The molecule has 3 amide bonds. The first-order valence-corrected chi connectivity index (χ1v) is 15.2. The lowest BCUT2D eigenvalue weighted by atomic mass is 9.87. The van der Waals surface area contributed by atoms with Crippen LogP contribution in [0, 0.1) is 0 Å². The molecule has 5 rings (SSSR count). The monoisotopic (exact) mass is 609 g/mol. The van der Waals surface area contributed by atoms with Gasteiger partial charge in [0.1, 0.15) is 24.3 Å². The van der Waals surface area contributed by atoms with Gasteiger partial charge < -0.3 is 19.7 Å². The van der Waals surface area contributed by atoms with E-state index in [1.165, 1.54) is 9.80 Å². The maximum Gasteiger partial charge on any atom is 0.411 e. The second-order valence-corrected chi connectivity index (χ2v) is 12.3. The Labute approximate surface area is 263 Å². The summed E-state index contributed by atoms with van der Waals surface area (Å²) in [5, 5.41) is 2.99. The Morgan fingerprint density at radius 1 is 0.956 bits per heavy atom. The number of nitrogens with one attached hydrogen (secondary N) is 1. The number of likely N-dealkylation sites (tertiary alicyclic amines) is 1. The van der Waals surface area contributed by atoms with Gasteiger partial charge in [-0.2, -0.15) is 0 Å². The molecule has 2 aliphatic rings. The number of carbonyl (C=O) groups is 4. The average molecular weight is 610 g/mol. The van der Waals surface area contributed by atoms with Crippen molar-refractivity contribution in [3.05, 3.63) is 114 Å². The quantitative estimate of drug-likeness (QED) is 0.242. The van der Waals surface area contributed by atoms with Crippen LogP contribution in [0.5, 0.6) is 0 Å². The summed E-state index contributed by atoms with van der Waals surface area (Å²) in [6.07, 6.45) is 2.70. The number of benzene rings is 3. The third kappa shape index (κ3) is 7.25. The van der Waals surface area contributed by atoms with Crippen LogP contribution in [0.15, 0.2) is 97.1 Å². The number of hydrogen-bond acceptors (Lipinski definition) is 6. The summed E-state index contributed by atoms with van der Waals surface area (Å²) in [7, 11) is 0. The van der Waals surface area contributed by atoms with Crippen molar-refractivity contribution in [2.75, 3.05) is 6.61 Å². The smallest absolute Gasteiger partial charge is 0.411 e. The van der Waals surface area contributed by atoms with Gasteiger partial charge in [-0.3, -0.25) is 19.3 Å². The van der Waals surface area contributed by atoms with Gasteiger partial charge in [0.05, 0.1) is 24.5 Å². The molecule has 0 aliphatic carbocycles. The second-order valence-electron chi connectivity index (χ2n) is 12.3. The number of carbonyl (C=O) groups excluding carboxylic acids is 4. The van der Waals surface area contributed by atoms with Gasteiger partial charge in [-0.25, -0.2) is 4.79 Å². The molecule has 0 bridgehead atoms. The molecule has 2 fully saturated rings. The molecule has 0 radical (unpaired) electrons. The molecule has 45 heavy (non-hydrogen) atoms. The van der Waals surface area contributed by atoms with E-state index in [0.717, 1.165) is 16.7 Å². The van der Waals surface area contributed by atoms with Crippen LogP contribution < -0.4 is 5.32 Å². The molecule has 0 aromatic heterocycles. The Morgan fingerprint density at radius 3 is 2.18 bits per heavy atom. The average Bonchev–Trinajstić information content (AvgIpc) is 3.39. The van der Waals surface area contributed by atoms with Gasteiger partial charge in [-0.15, -0.1) is 0 Å². The van der Waals surface area contributed by atoms with Crippen molar-refractivity contribution >= 4 is 30.0 Å². The SMILES string of the molecule is C[C@@H](NC(=O)[C@@H](CC(=O)OC(C)(C)C)N1C(=O)[C@@H](N2C(=O)OC[C@@H]2c2ccccc2)[C@H]1C=Cc1ccccc1)c1ccccc1. The highest BCUT2D eigenvalue weighted by molar-refractivity contribution is 5.99. The molecule has 3 aromatic carbocycles. The lowest BCUT2D eigenvalue weighted by Crippen LogP contribution is -2.74. The summed E-state index contributed by atoms with van der Waals surface area (Å²) in [5.41, 5.74) is 1.80. The number of ether oxygens (including phenoxy) is 2. The fourth-order valence-corrected chi connectivity index (χ4v) is 5.80. The van der Waals surface area contributed by atoms with E-state index in [-0.39, 0.29) is 19.1 Å². The zero-order chi connectivity index (χ0) is 32.1. The van der Waals surface area contributed by atoms with Gasteiger partial charge in [0.15, 0.2) is 0 Å². The van der Waals surface area contributed by atoms with Gasteiger partial charge >= 0.3 is 12.1 Å². The van der Waals surface area contributed by atoms with Crippen LogP contribution in [0.4, 0.5) is 4.79 Å². The highest BCUT2D eigenvalue weighted by atomic mass is 16.6. The molecule has 3 aromatic rings. The van der Waals surface area contributed by atoms with E-state index in [9.17, 15) is 19.2 Å². The van der Waals surface area contributed by atoms with Crippen molar-refractivity contribution in [3.8, 4) is 0 Å². The van der Waals surface area contributed by atoms with Crippen LogP contribution in [-0.4, -0.2) is 64.0 Å². The molecular weight excluding hydrogens is 570 g/mol. The van der Waals surface area contributed by atoms with E-state index in [1.54, 1.807) is 20.8 Å². The lowest BCUT2D eigenvalue weighted by Gasteiger charge is -2.52. The minimum atomic E-state index is -1.19. The molecule has 2 heterocycles. The van der Waals surface area contributed by atoms with E-state index in [1.807, 2.05) is 110 Å². The molecule has 0 unspecified atom stereocenters. The topological polar surface area (TPSA) is 105 Å². The zero-order valence-corrected chi connectivity index (χ0v) is 26.0. The third-order valence-corrected chi connectivity index (χ3v) is 7.91. The molecule has 2 saturated heterocycles. The predicted molar refractivity (Wildman–Crippen MR) is 170 cm³/mol. The van der Waals surface area contributed by atoms with E-state index >= 15 is 0 Å². The van der Waals surface area contributed by atoms with Crippen LogP contribution in [0.2, 0.25) is 0 Å². The van der Waals surface area contributed by atoms with Crippen LogP contribution in [0.25, 0.3) is 6.08 Å². The standard InChI is InChI=1S/C36H39N3O6/c1-24(26-16-10-6-11-17-26)37-33(41)29(22-31(40)45-36(2,3)4)38-28(21-20-25-14-8-5-9-15-25)32(34(38)42)39-30(23-44-35(39)43)27-18-12-7-13-19-27/h5-21,24,28-30,32H,22-23H2,1-4H3,(H,37,41)/t24-,28-,29-,30-,32+/m1/s1. The third-order valence-electron chi connectivity index (χ3n) is 7.91. The number of β-lactam (4-membered cyclic amide) rings is 1. The summed E-state index contributed by atoms with van der Waals surface area (Å²) in [5.74, 6) is -1.56. The Kier molecular flexibility index (Phi) is 9.37. The van der Waals surface area contributed by atoms with Crippen molar-refractivity contribution in [3.63, 3.8) is 0 Å². The van der Waals surface area contributed by atoms with Gasteiger partial charge in [-0.05, 0) is 44.4 Å². The highest BCUT2D eigenvalue weighted by Crippen LogP contribution is 2.39. The molecule has 0 spiro atoms. The number of hydrogen-bond donors (Lipinski definition) is 1. The van der Waals surface area contributed by atoms with Crippen LogP contribution >= 0.6 is 0 Å². The molecule has 0 saturated carbocycles. The van der Waals surface area contributed by atoms with Gasteiger partial charge in [0.2, 0.25) is 11.8 Å². The highest BCUT2D eigenvalue weighted by Gasteiger charge is 2.58. The maximum atomic E-state index is 14.2. The Hall–Kier alpha value is -4.92. The van der Waals surface area contributed by atoms with E-state index in [0.29, 0.717) is 0 Å². The number of esters is 1. The summed E-state index contributed by atoms with van der Waals surface area (Å²) in [6.45, 7) is 7.18. The molecule has 234 valence electrons. The summed E-state index contributed by atoms with van der Waals surface area (Å²) in [4.78, 5) is 57.3. The van der Waals surface area contributed by atoms with Gasteiger partial charge in [0.25, 0.3) is 0 Å². The largest absolute Gasteiger partial charge is 0.460 e. The molecule has 1 N–H and O–H groups in total. The first-order chi connectivity index (χ1) is 21.5. The number of nitrogens with zero attached hydrogens (tertiary/aromatic N) is 2. The van der Waals surface area contributed by atoms with E-state index in [4.69, 9.17) is 9.47 Å². The van der Waals surface area contributed by atoms with Crippen molar-refractivity contribution in [1.82, 2.24) is 15.1 Å². The first kappa shape index (κ1) is 31.5. The van der Waals surface area contributed by atoms with Crippen LogP contribution in [-0.2, 0) is 23.9 Å². The summed E-state index contributed by atoms with van der Waals surface area (Å²) < 4.78 is 11.0. The van der Waals surface area contributed by atoms with Crippen molar-refractivity contribution in [1.29, 1.82) is 0 Å². The van der Waals surface area contributed by atoms with E-state index < -0.39 is 53.6 Å². The number of cyclic esters (lactones) is 1. The fraction of sp³-hybridized carbons (Fsp3) is 0.333. The number of rotatable bonds is 10. The van der Waals surface area contributed by atoms with Crippen molar-refractivity contribution < 1.29 is 28.7 Å². The minimum absolute atomic E-state index is 0.0954. The van der Waals surface area contributed by atoms with E-state index in [2.05, 4.69) is 5.32 Å². The first-order valence-electron chi connectivity index (χ1n) is 15.2. The zero-order valence-electron chi connectivity index (χ0n) is 26.0. The van der Waals surface area contributed by atoms with Gasteiger partial charge in [0, 0.05) is 0 Å².